The van der Waals surface area contributed by atoms with Crippen LogP contribution in [0.1, 0.15) is 77.0 Å². The summed E-state index contributed by atoms with van der Waals surface area (Å²) in [6.07, 6.45) is 66.2. The van der Waals surface area contributed by atoms with Crippen LogP contribution in [0.25, 0.3) is 0 Å². The Morgan fingerprint density at radius 3 is 1.48 bits per heavy atom. The van der Waals surface area contributed by atoms with Crippen molar-refractivity contribution in [1.82, 2.24) is 16.0 Å². The molecule has 10 heterocycles. The summed E-state index contributed by atoms with van der Waals surface area (Å²) >= 11 is 3.56. The topological polar surface area (TPSA) is 85.4 Å². The average molecular weight is 859 g/mol. The standard InChI is InChI=1S/3C5H9N.C5H7N.2C5H8O.2C5H6O.2C5H6S/c10*1-2-4-6-5-3-1/h4H,1-3,5H2;2,4,6H,1,3,5H2;1-2,6H,3-5H2;2-6H,1H2;2,4H,1,3,5H2;1-2H,3-5H2;2-5H,1H2;1-4H,5H2;2-5H,1H2;1-4H,5H2. The number of hydrogen-bond acceptors (Lipinski definition) is 10. The zero-order valence-electron chi connectivity index (χ0n) is 36.0. The average Bonchev–Trinajstić information content (AvgIpc) is 3.41. The Kier molecular flexibility index (Phi) is 45.4. The lowest BCUT2D eigenvalue weighted by Gasteiger charge is -2.02. The number of nitrogens with zero attached hydrogens (tertiary/aromatic N) is 1. The minimum absolute atomic E-state index is 0.733. The van der Waals surface area contributed by atoms with Crippen molar-refractivity contribution < 1.29 is 18.9 Å². The Balaban J connectivity index is 0.000000333. The van der Waals surface area contributed by atoms with E-state index in [1.165, 1.54) is 51.4 Å². The molecule has 0 bridgehead atoms. The van der Waals surface area contributed by atoms with Crippen LogP contribution in [0, 0.1) is 0 Å². The van der Waals surface area contributed by atoms with Gasteiger partial charge in [0.05, 0.1) is 44.9 Å². The number of allylic oxidation sites excluding steroid dienone is 12. The number of hydrogen-bond donors (Lipinski definition) is 3. The second-order valence-electron chi connectivity index (χ2n) is 12.9. The predicted molar refractivity (Wildman–Crippen MR) is 265 cm³/mol. The van der Waals surface area contributed by atoms with Crippen LogP contribution in [-0.2, 0) is 18.9 Å². The van der Waals surface area contributed by atoms with E-state index >= 15 is 0 Å². The molecule has 0 radical (unpaired) electrons. The van der Waals surface area contributed by atoms with Crippen LogP contribution in [0.5, 0.6) is 0 Å². The van der Waals surface area contributed by atoms with Gasteiger partial charge in [-0.2, -0.15) is 0 Å². The molecule has 10 aliphatic heterocycles. The van der Waals surface area contributed by atoms with Crippen molar-refractivity contribution in [3.05, 3.63) is 169 Å². The van der Waals surface area contributed by atoms with Crippen molar-refractivity contribution in [2.45, 2.75) is 77.0 Å². The highest BCUT2D eigenvalue weighted by Crippen LogP contribution is 2.10. The van der Waals surface area contributed by atoms with Gasteiger partial charge in [-0.3, -0.25) is 4.99 Å². The summed E-state index contributed by atoms with van der Waals surface area (Å²) in [5.74, 6) is 1.15. The van der Waals surface area contributed by atoms with E-state index < -0.39 is 0 Å². The van der Waals surface area contributed by atoms with Crippen molar-refractivity contribution in [1.29, 1.82) is 0 Å². The second-order valence-corrected chi connectivity index (χ2v) is 14.6. The van der Waals surface area contributed by atoms with Crippen molar-refractivity contribution in [3.8, 4) is 0 Å². The number of rotatable bonds is 0. The van der Waals surface area contributed by atoms with Gasteiger partial charge >= 0.3 is 0 Å². The van der Waals surface area contributed by atoms with Crippen molar-refractivity contribution in [3.63, 3.8) is 0 Å². The summed E-state index contributed by atoms with van der Waals surface area (Å²) in [4.78, 5) is 4.05. The van der Waals surface area contributed by atoms with Crippen LogP contribution in [0.3, 0.4) is 0 Å². The first kappa shape index (κ1) is 53.7. The van der Waals surface area contributed by atoms with Crippen LogP contribution in [0.15, 0.2) is 174 Å². The normalized spacial score (nSPS) is 19.3. The molecule has 0 saturated heterocycles. The molecule has 10 aliphatic rings. The number of ether oxygens (including phenoxy) is 4. The summed E-state index contributed by atoms with van der Waals surface area (Å²) in [6, 6.07) is 0. The van der Waals surface area contributed by atoms with Gasteiger partial charge in [0.25, 0.3) is 0 Å². The van der Waals surface area contributed by atoms with Crippen LogP contribution < -0.4 is 16.0 Å². The van der Waals surface area contributed by atoms with Crippen LogP contribution in [0.2, 0.25) is 0 Å². The lowest BCUT2D eigenvalue weighted by molar-refractivity contribution is 0.158. The zero-order valence-corrected chi connectivity index (χ0v) is 37.6. The molecule has 0 aliphatic carbocycles. The van der Waals surface area contributed by atoms with Gasteiger partial charge in [-0.1, -0.05) is 79.0 Å². The smallest absolute Gasteiger partial charge is 0.106 e. The fraction of sp³-hybridized carbons (Fsp3) is 0.420. The monoisotopic (exact) mass is 859 g/mol. The molecule has 3 N–H and O–H groups in total. The molecule has 0 aromatic heterocycles. The zero-order chi connectivity index (χ0) is 42.4. The van der Waals surface area contributed by atoms with E-state index in [1.807, 2.05) is 85.2 Å². The van der Waals surface area contributed by atoms with E-state index in [0.717, 1.165) is 84.0 Å². The molecule has 0 unspecified atom stereocenters. The van der Waals surface area contributed by atoms with Gasteiger partial charge in [-0.05, 0) is 155 Å². The third-order valence-electron chi connectivity index (χ3n) is 7.65. The summed E-state index contributed by atoms with van der Waals surface area (Å²) in [6.45, 7) is 7.84. The summed E-state index contributed by atoms with van der Waals surface area (Å²) < 4.78 is 19.4. The van der Waals surface area contributed by atoms with Gasteiger partial charge < -0.3 is 34.9 Å². The van der Waals surface area contributed by atoms with Crippen LogP contribution >= 0.6 is 23.5 Å². The lowest BCUT2D eigenvalue weighted by Crippen LogP contribution is -2.17. The number of aliphatic imine (C=N–C) groups is 1. The molecule has 0 aromatic carbocycles. The highest BCUT2D eigenvalue weighted by Gasteiger charge is 1.89. The van der Waals surface area contributed by atoms with Crippen molar-refractivity contribution >= 4 is 29.7 Å². The molecule has 0 amide bonds. The molecule has 0 saturated carbocycles. The van der Waals surface area contributed by atoms with Gasteiger partial charge in [0.15, 0.2) is 0 Å². The van der Waals surface area contributed by atoms with E-state index in [2.05, 4.69) is 97.9 Å². The van der Waals surface area contributed by atoms with Gasteiger partial charge in [-0.25, -0.2) is 0 Å². The molecule has 0 fully saturated rings. The Bertz CT molecular complexity index is 1080. The molecule has 8 nitrogen and oxygen atoms in total. The fourth-order valence-corrected chi connectivity index (χ4v) is 5.60. The summed E-state index contributed by atoms with van der Waals surface area (Å²) in [5.41, 5.74) is 0. The molecule has 330 valence electrons. The van der Waals surface area contributed by atoms with E-state index in [1.54, 1.807) is 36.8 Å². The molecular formula is C50H74N4O4S2. The maximum absolute atomic E-state index is 4.98. The number of thioether (sulfide) groups is 2. The summed E-state index contributed by atoms with van der Waals surface area (Å²) in [7, 11) is 0. The minimum atomic E-state index is 0.733. The third kappa shape index (κ3) is 48.0. The van der Waals surface area contributed by atoms with Gasteiger partial charge in [0.1, 0.15) is 6.61 Å². The number of dihydropyridines is 1. The highest BCUT2D eigenvalue weighted by molar-refractivity contribution is 8.04. The maximum atomic E-state index is 4.98. The first-order chi connectivity index (χ1) is 30.0. The molecule has 10 rings (SSSR count). The fourth-order valence-electron chi connectivity index (χ4n) is 4.53. The third-order valence-corrected chi connectivity index (χ3v) is 9.09. The second kappa shape index (κ2) is 50.8. The molecule has 0 atom stereocenters. The highest BCUT2D eigenvalue weighted by atomic mass is 32.2. The quantitative estimate of drug-likeness (QED) is 0.206. The van der Waals surface area contributed by atoms with Crippen LogP contribution in [0.4, 0.5) is 0 Å². The predicted octanol–water partition coefficient (Wildman–Crippen LogP) is 12.4. The Morgan fingerprint density at radius 1 is 0.500 bits per heavy atom. The lowest BCUT2D eigenvalue weighted by atomic mass is 10.2. The van der Waals surface area contributed by atoms with Gasteiger partial charge in [0, 0.05) is 25.4 Å². The van der Waals surface area contributed by atoms with E-state index in [9.17, 15) is 0 Å². The molecule has 0 aromatic rings. The first-order valence-electron chi connectivity index (χ1n) is 21.6. The number of nitrogens with one attached hydrogen (secondary N) is 3. The molecular weight excluding hydrogens is 785 g/mol. The van der Waals surface area contributed by atoms with E-state index in [-0.39, 0.29) is 0 Å². The molecule has 0 spiro atoms. The molecule has 60 heavy (non-hydrogen) atoms. The Morgan fingerprint density at radius 2 is 1.32 bits per heavy atom. The van der Waals surface area contributed by atoms with Crippen LogP contribution in [-0.4, -0.2) is 64.6 Å². The Hall–Kier alpha value is -4.35. The first-order valence-corrected chi connectivity index (χ1v) is 23.5. The van der Waals surface area contributed by atoms with Gasteiger partial charge in [0.2, 0.25) is 0 Å². The largest absolute Gasteiger partial charge is 0.502 e. The van der Waals surface area contributed by atoms with E-state index in [4.69, 9.17) is 18.9 Å². The maximum Gasteiger partial charge on any atom is 0.106 e. The Labute approximate surface area is 372 Å². The van der Waals surface area contributed by atoms with E-state index in [0.29, 0.717) is 0 Å². The molecule has 10 heteroatoms. The minimum Gasteiger partial charge on any atom is -0.502 e. The SMILES string of the molecule is C1=CCNCC1.C1=CCOC=C1.C1=CCOCC1.C1=CCSC=C1.C1=CNC=CC1.C1=CNCCC1.C1=COC=CC1.C1=COCCC1.C1=CSC=CC1.C1=NCCCC1. The van der Waals surface area contributed by atoms with Crippen molar-refractivity contribution in [2.24, 2.45) is 4.99 Å². The van der Waals surface area contributed by atoms with Gasteiger partial charge in [-0.15, -0.1) is 23.5 Å². The summed E-state index contributed by atoms with van der Waals surface area (Å²) in [5, 5.41) is 15.5. The van der Waals surface area contributed by atoms with Crippen molar-refractivity contribution in [2.75, 3.05) is 58.4 Å².